The third kappa shape index (κ3) is 2.89. The second kappa shape index (κ2) is 6.26. The summed E-state index contributed by atoms with van der Waals surface area (Å²) in [7, 11) is 3.75. The van der Waals surface area contributed by atoms with Crippen LogP contribution in [0.1, 0.15) is 43.2 Å². The third-order valence-electron chi connectivity index (χ3n) is 5.40. The summed E-state index contributed by atoms with van der Waals surface area (Å²) in [5.41, 5.74) is 0.972. The predicted octanol–water partition coefficient (Wildman–Crippen LogP) is 1.54. The summed E-state index contributed by atoms with van der Waals surface area (Å²) in [5.74, 6) is 0.995. The van der Waals surface area contributed by atoms with Crippen LogP contribution in [-0.4, -0.2) is 42.1 Å². The van der Waals surface area contributed by atoms with E-state index in [9.17, 15) is 9.59 Å². The Morgan fingerprint density at radius 2 is 2.04 bits per heavy atom. The maximum absolute atomic E-state index is 13.1. The molecule has 1 saturated carbocycles. The van der Waals surface area contributed by atoms with E-state index in [4.69, 9.17) is 0 Å². The maximum Gasteiger partial charge on any atom is 0.231 e. The van der Waals surface area contributed by atoms with E-state index < -0.39 is 0 Å². The second-order valence-corrected chi connectivity index (χ2v) is 7.30. The molecule has 2 fully saturated rings. The monoisotopic (exact) mass is 356 g/mol. The van der Waals surface area contributed by atoms with Crippen molar-refractivity contribution in [1.29, 1.82) is 0 Å². The molecule has 2 atom stereocenters. The Hall–Kier alpha value is -2.64. The summed E-state index contributed by atoms with van der Waals surface area (Å²) in [6.07, 6.45) is 6.50. The number of carbonyl (C=O) groups is 2. The van der Waals surface area contributed by atoms with Crippen molar-refractivity contribution in [3.8, 4) is 0 Å². The molecule has 0 unspecified atom stereocenters. The molecule has 3 heterocycles. The number of piperidine rings is 1. The lowest BCUT2D eigenvalue weighted by Crippen LogP contribution is -2.48. The van der Waals surface area contributed by atoms with Gasteiger partial charge in [0.25, 0.3) is 0 Å². The van der Waals surface area contributed by atoms with E-state index in [1.54, 1.807) is 10.9 Å². The molecule has 0 bridgehead atoms. The Morgan fingerprint density at radius 1 is 1.27 bits per heavy atom. The average molecular weight is 356 g/mol. The molecule has 138 valence electrons. The molecule has 0 spiro atoms. The van der Waals surface area contributed by atoms with Crippen LogP contribution < -0.4 is 5.32 Å². The molecule has 1 aliphatic heterocycles. The molecule has 8 heteroatoms. The van der Waals surface area contributed by atoms with Crippen molar-refractivity contribution in [2.75, 3.05) is 5.32 Å². The number of imidazole rings is 1. The molecule has 0 aromatic carbocycles. The fraction of sp³-hybridized carbons (Fsp3) is 0.556. The average Bonchev–Trinajstić information content (AvgIpc) is 3.26. The molecular formula is C18H24N6O2. The molecule has 1 N–H and O–H groups in total. The van der Waals surface area contributed by atoms with Crippen LogP contribution in [0.3, 0.4) is 0 Å². The minimum absolute atomic E-state index is 0.103. The Morgan fingerprint density at radius 3 is 2.62 bits per heavy atom. The molecule has 1 aliphatic carbocycles. The summed E-state index contributed by atoms with van der Waals surface area (Å²) >= 11 is 0. The molecule has 2 amide bonds. The predicted molar refractivity (Wildman–Crippen MR) is 95.1 cm³/mol. The van der Waals surface area contributed by atoms with Gasteiger partial charge in [-0.15, -0.1) is 0 Å². The Bertz CT molecular complexity index is 830. The topological polar surface area (TPSA) is 85.1 Å². The van der Waals surface area contributed by atoms with E-state index >= 15 is 0 Å². The van der Waals surface area contributed by atoms with Gasteiger partial charge in [-0.05, 0) is 26.2 Å². The van der Waals surface area contributed by atoms with Crippen LogP contribution in [-0.2, 0) is 23.7 Å². The van der Waals surface area contributed by atoms with E-state index in [0.717, 1.165) is 24.4 Å². The number of nitrogens with zero attached hydrogens (tertiary/aromatic N) is 5. The standard InChI is InChI=1S/C18H24N6O2/c1-11-10-14(21-23(11)3)20-18(26)13-6-7-15(25)24(12-4-5-12)16(13)17-19-8-9-22(17)2/h8-10,12-13,16H,4-7H2,1-3H3,(H,20,21,26)/t13-,16-/m0/s1. The van der Waals surface area contributed by atoms with Crippen LogP contribution in [0.5, 0.6) is 0 Å². The first-order valence-corrected chi connectivity index (χ1v) is 9.05. The highest BCUT2D eigenvalue weighted by Gasteiger charge is 2.48. The van der Waals surface area contributed by atoms with Gasteiger partial charge < -0.3 is 14.8 Å². The molecule has 2 aliphatic rings. The highest BCUT2D eigenvalue weighted by Crippen LogP contribution is 2.43. The van der Waals surface area contributed by atoms with E-state index in [0.29, 0.717) is 18.7 Å². The number of rotatable bonds is 4. The molecule has 0 radical (unpaired) electrons. The minimum Gasteiger partial charge on any atom is -0.336 e. The summed E-state index contributed by atoms with van der Waals surface area (Å²) in [6, 6.07) is 1.76. The first-order chi connectivity index (χ1) is 12.5. The summed E-state index contributed by atoms with van der Waals surface area (Å²) in [6.45, 7) is 1.94. The van der Waals surface area contributed by atoms with Crippen molar-refractivity contribution in [1.82, 2.24) is 24.2 Å². The number of aryl methyl sites for hydroxylation is 3. The zero-order valence-electron chi connectivity index (χ0n) is 15.3. The highest BCUT2D eigenvalue weighted by molar-refractivity contribution is 5.94. The van der Waals surface area contributed by atoms with Crippen molar-refractivity contribution in [3.63, 3.8) is 0 Å². The van der Waals surface area contributed by atoms with Gasteiger partial charge in [0.1, 0.15) is 11.9 Å². The van der Waals surface area contributed by atoms with Gasteiger partial charge in [-0.1, -0.05) is 0 Å². The summed E-state index contributed by atoms with van der Waals surface area (Å²) in [5, 5.41) is 7.25. The Kier molecular flexibility index (Phi) is 4.05. The molecule has 4 rings (SSSR count). The van der Waals surface area contributed by atoms with Crippen molar-refractivity contribution in [2.24, 2.45) is 20.0 Å². The lowest BCUT2D eigenvalue weighted by molar-refractivity contribution is -0.143. The van der Waals surface area contributed by atoms with Crippen LogP contribution in [0.2, 0.25) is 0 Å². The number of hydrogen-bond donors (Lipinski definition) is 1. The van der Waals surface area contributed by atoms with Gasteiger partial charge in [0, 0.05) is 50.7 Å². The van der Waals surface area contributed by atoms with Gasteiger partial charge in [-0.3, -0.25) is 14.3 Å². The van der Waals surface area contributed by atoms with Gasteiger partial charge in [0.15, 0.2) is 5.82 Å². The van der Waals surface area contributed by atoms with Gasteiger partial charge >= 0.3 is 0 Å². The fourth-order valence-corrected chi connectivity index (χ4v) is 3.78. The lowest BCUT2D eigenvalue weighted by Gasteiger charge is -2.40. The van der Waals surface area contributed by atoms with E-state index in [1.807, 2.05) is 42.7 Å². The molecule has 26 heavy (non-hydrogen) atoms. The lowest BCUT2D eigenvalue weighted by atomic mass is 9.87. The normalized spacial score (nSPS) is 23.3. The van der Waals surface area contributed by atoms with E-state index in [1.165, 1.54) is 0 Å². The quantitative estimate of drug-likeness (QED) is 0.901. The van der Waals surface area contributed by atoms with Crippen LogP contribution in [0.4, 0.5) is 5.82 Å². The number of amides is 2. The van der Waals surface area contributed by atoms with Crippen LogP contribution >= 0.6 is 0 Å². The molecule has 2 aromatic heterocycles. The van der Waals surface area contributed by atoms with Crippen molar-refractivity contribution < 1.29 is 9.59 Å². The Labute approximate surface area is 152 Å². The minimum atomic E-state index is -0.336. The first kappa shape index (κ1) is 16.8. The first-order valence-electron chi connectivity index (χ1n) is 9.05. The number of likely N-dealkylation sites (tertiary alicyclic amines) is 1. The highest BCUT2D eigenvalue weighted by atomic mass is 16.2. The molecule has 1 saturated heterocycles. The maximum atomic E-state index is 13.1. The molecule has 2 aromatic rings. The number of carbonyl (C=O) groups excluding carboxylic acids is 2. The number of hydrogen-bond acceptors (Lipinski definition) is 4. The van der Waals surface area contributed by atoms with Crippen molar-refractivity contribution >= 4 is 17.6 Å². The zero-order valence-corrected chi connectivity index (χ0v) is 15.3. The molecule has 8 nitrogen and oxygen atoms in total. The van der Waals surface area contributed by atoms with Crippen LogP contribution in [0, 0.1) is 12.8 Å². The number of anilines is 1. The second-order valence-electron chi connectivity index (χ2n) is 7.30. The summed E-state index contributed by atoms with van der Waals surface area (Å²) < 4.78 is 3.64. The third-order valence-corrected chi connectivity index (χ3v) is 5.40. The molecular weight excluding hydrogens is 332 g/mol. The van der Waals surface area contributed by atoms with Crippen LogP contribution in [0.25, 0.3) is 0 Å². The SMILES string of the molecule is Cc1cc(NC(=O)[C@H]2CCC(=O)N(C3CC3)[C@@H]2c2nccn2C)nn1C. The number of nitrogens with one attached hydrogen (secondary N) is 1. The van der Waals surface area contributed by atoms with Gasteiger partial charge in [-0.25, -0.2) is 4.98 Å². The summed E-state index contributed by atoms with van der Waals surface area (Å²) in [4.78, 5) is 32.0. The van der Waals surface area contributed by atoms with Crippen molar-refractivity contribution in [3.05, 3.63) is 30.0 Å². The smallest absolute Gasteiger partial charge is 0.231 e. The largest absolute Gasteiger partial charge is 0.336 e. The fourth-order valence-electron chi connectivity index (χ4n) is 3.78. The van der Waals surface area contributed by atoms with Gasteiger partial charge in [0.05, 0.1) is 5.92 Å². The zero-order chi connectivity index (χ0) is 18.4. The Balaban J connectivity index is 1.64. The van der Waals surface area contributed by atoms with E-state index in [2.05, 4.69) is 15.4 Å². The van der Waals surface area contributed by atoms with Crippen molar-refractivity contribution in [2.45, 2.75) is 44.7 Å². The van der Waals surface area contributed by atoms with Gasteiger partial charge in [0.2, 0.25) is 11.8 Å². The van der Waals surface area contributed by atoms with Gasteiger partial charge in [-0.2, -0.15) is 5.10 Å². The number of aromatic nitrogens is 4. The van der Waals surface area contributed by atoms with Crippen LogP contribution in [0.15, 0.2) is 18.5 Å². The van der Waals surface area contributed by atoms with E-state index in [-0.39, 0.29) is 29.8 Å².